The van der Waals surface area contributed by atoms with E-state index in [-0.39, 0.29) is 5.91 Å². The van der Waals surface area contributed by atoms with E-state index in [1.807, 2.05) is 43.3 Å². The minimum Gasteiger partial charge on any atom is -0.399 e. The summed E-state index contributed by atoms with van der Waals surface area (Å²) in [6, 6.07) is 11.2. The van der Waals surface area contributed by atoms with E-state index in [9.17, 15) is 4.79 Å². The molecule has 0 radical (unpaired) electrons. The van der Waals surface area contributed by atoms with Crippen molar-refractivity contribution in [3.8, 4) is 0 Å². The average molecular weight is 281 g/mol. The number of nitrogens with zero attached hydrogens (tertiary/aromatic N) is 2. The molecule has 2 aromatic rings. The monoisotopic (exact) mass is 281 g/mol. The first-order chi connectivity index (χ1) is 10.2. The van der Waals surface area contributed by atoms with E-state index in [2.05, 4.69) is 4.98 Å². The standard InChI is InChI=1S/C17H19N3O/c1-2-20(13-15-9-11-19-12-10-15)17(21)8-5-14-3-6-16(18)7-4-14/h3-12H,2,13,18H2,1H3/b8-5+. The number of aromatic nitrogens is 1. The van der Waals surface area contributed by atoms with Crippen LogP contribution in [-0.2, 0) is 11.3 Å². The summed E-state index contributed by atoms with van der Waals surface area (Å²) in [5, 5.41) is 0. The van der Waals surface area contributed by atoms with Crippen LogP contribution in [0.3, 0.4) is 0 Å². The quantitative estimate of drug-likeness (QED) is 0.677. The van der Waals surface area contributed by atoms with Gasteiger partial charge in [-0.05, 0) is 48.4 Å². The Labute approximate surface area is 124 Å². The maximum atomic E-state index is 12.2. The lowest BCUT2D eigenvalue weighted by molar-refractivity contribution is -0.126. The van der Waals surface area contributed by atoms with Crippen molar-refractivity contribution in [2.75, 3.05) is 12.3 Å². The van der Waals surface area contributed by atoms with Gasteiger partial charge in [-0.3, -0.25) is 9.78 Å². The Bertz CT molecular complexity index is 606. The molecule has 2 N–H and O–H groups in total. The van der Waals surface area contributed by atoms with E-state index in [4.69, 9.17) is 5.73 Å². The van der Waals surface area contributed by atoms with Crippen LogP contribution in [-0.4, -0.2) is 22.3 Å². The van der Waals surface area contributed by atoms with Gasteiger partial charge in [0.1, 0.15) is 0 Å². The van der Waals surface area contributed by atoms with Crippen LogP contribution in [0.15, 0.2) is 54.9 Å². The number of anilines is 1. The topological polar surface area (TPSA) is 59.2 Å². The predicted octanol–water partition coefficient (Wildman–Crippen LogP) is 2.73. The molecule has 108 valence electrons. The van der Waals surface area contributed by atoms with Gasteiger partial charge in [-0.15, -0.1) is 0 Å². The molecule has 4 heteroatoms. The molecule has 0 fully saturated rings. The molecule has 1 aromatic carbocycles. The molecule has 1 aromatic heterocycles. The molecule has 0 aliphatic carbocycles. The molecule has 0 unspecified atom stereocenters. The van der Waals surface area contributed by atoms with Gasteiger partial charge in [0.15, 0.2) is 0 Å². The van der Waals surface area contributed by atoms with Crippen LogP contribution >= 0.6 is 0 Å². The molecule has 21 heavy (non-hydrogen) atoms. The fourth-order valence-corrected chi connectivity index (χ4v) is 1.93. The van der Waals surface area contributed by atoms with Crippen LogP contribution in [0.25, 0.3) is 6.08 Å². The van der Waals surface area contributed by atoms with Crippen LogP contribution in [0.1, 0.15) is 18.1 Å². The van der Waals surface area contributed by atoms with Gasteiger partial charge in [0, 0.05) is 37.2 Å². The number of hydrogen-bond donors (Lipinski definition) is 1. The lowest BCUT2D eigenvalue weighted by atomic mass is 10.2. The summed E-state index contributed by atoms with van der Waals surface area (Å²) in [6.45, 7) is 3.22. The molecular formula is C17H19N3O. The lowest BCUT2D eigenvalue weighted by Crippen LogP contribution is -2.28. The molecule has 1 heterocycles. The highest BCUT2D eigenvalue weighted by Crippen LogP contribution is 2.08. The zero-order chi connectivity index (χ0) is 15.1. The van der Waals surface area contributed by atoms with Gasteiger partial charge in [-0.1, -0.05) is 12.1 Å². The summed E-state index contributed by atoms with van der Waals surface area (Å²) in [5.74, 6) is -0.00821. The summed E-state index contributed by atoms with van der Waals surface area (Å²) in [7, 11) is 0. The van der Waals surface area contributed by atoms with Crippen molar-refractivity contribution in [3.63, 3.8) is 0 Å². The van der Waals surface area contributed by atoms with Gasteiger partial charge in [0.05, 0.1) is 0 Å². The summed E-state index contributed by atoms with van der Waals surface area (Å²) in [6.07, 6.45) is 6.86. The van der Waals surface area contributed by atoms with Crippen molar-refractivity contribution >= 4 is 17.7 Å². The number of carbonyl (C=O) groups excluding carboxylic acids is 1. The Morgan fingerprint density at radius 1 is 1.19 bits per heavy atom. The summed E-state index contributed by atoms with van der Waals surface area (Å²) in [4.78, 5) is 18.0. The van der Waals surface area contributed by atoms with Gasteiger partial charge in [-0.25, -0.2) is 0 Å². The Balaban J connectivity index is 2.01. The molecule has 4 nitrogen and oxygen atoms in total. The van der Waals surface area contributed by atoms with Gasteiger partial charge in [0.2, 0.25) is 5.91 Å². The molecule has 0 bridgehead atoms. The third-order valence-corrected chi connectivity index (χ3v) is 3.17. The molecule has 0 spiro atoms. The number of nitrogen functional groups attached to an aromatic ring is 1. The van der Waals surface area contributed by atoms with Crippen LogP contribution in [0.2, 0.25) is 0 Å². The Kier molecular flexibility index (Phi) is 5.10. The Hall–Kier alpha value is -2.62. The zero-order valence-corrected chi connectivity index (χ0v) is 12.1. The third kappa shape index (κ3) is 4.45. The van der Waals surface area contributed by atoms with Gasteiger partial charge in [0.25, 0.3) is 0 Å². The molecule has 0 saturated heterocycles. The largest absolute Gasteiger partial charge is 0.399 e. The molecule has 0 aliphatic rings. The SMILES string of the molecule is CCN(Cc1ccncc1)C(=O)/C=C/c1ccc(N)cc1. The second kappa shape index (κ2) is 7.24. The molecule has 1 amide bonds. The number of carbonyl (C=O) groups is 1. The van der Waals surface area contributed by atoms with Crippen LogP contribution in [0.5, 0.6) is 0 Å². The number of benzene rings is 1. The fraction of sp³-hybridized carbons (Fsp3) is 0.176. The van der Waals surface area contributed by atoms with Crippen molar-refractivity contribution in [3.05, 3.63) is 66.0 Å². The number of nitrogens with two attached hydrogens (primary N) is 1. The number of hydrogen-bond acceptors (Lipinski definition) is 3. The van der Waals surface area contributed by atoms with E-state index in [0.717, 1.165) is 11.1 Å². The second-order valence-electron chi connectivity index (χ2n) is 4.71. The van der Waals surface area contributed by atoms with E-state index in [1.54, 1.807) is 29.4 Å². The first-order valence-electron chi connectivity index (χ1n) is 6.90. The minimum atomic E-state index is -0.00821. The number of likely N-dealkylation sites (N-methyl/N-ethyl adjacent to an activating group) is 1. The van der Waals surface area contributed by atoms with Gasteiger partial charge >= 0.3 is 0 Å². The van der Waals surface area contributed by atoms with E-state index in [0.29, 0.717) is 18.8 Å². The normalized spacial score (nSPS) is 10.7. The summed E-state index contributed by atoms with van der Waals surface area (Å²) in [5.41, 5.74) is 8.37. The average Bonchev–Trinajstić information content (AvgIpc) is 2.52. The van der Waals surface area contributed by atoms with Crippen LogP contribution in [0, 0.1) is 0 Å². The second-order valence-corrected chi connectivity index (χ2v) is 4.71. The summed E-state index contributed by atoms with van der Waals surface area (Å²) < 4.78 is 0. The fourth-order valence-electron chi connectivity index (χ4n) is 1.93. The zero-order valence-electron chi connectivity index (χ0n) is 12.1. The highest BCUT2D eigenvalue weighted by molar-refractivity contribution is 5.91. The smallest absolute Gasteiger partial charge is 0.246 e. The highest BCUT2D eigenvalue weighted by atomic mass is 16.2. The van der Waals surface area contributed by atoms with Crippen LogP contribution in [0.4, 0.5) is 5.69 Å². The van der Waals surface area contributed by atoms with E-state index in [1.165, 1.54) is 0 Å². The molecular weight excluding hydrogens is 262 g/mol. The molecule has 0 saturated carbocycles. The molecule has 0 atom stereocenters. The van der Waals surface area contributed by atoms with Crippen molar-refractivity contribution in [2.45, 2.75) is 13.5 Å². The van der Waals surface area contributed by atoms with Crippen molar-refractivity contribution in [2.24, 2.45) is 0 Å². The Morgan fingerprint density at radius 3 is 2.48 bits per heavy atom. The number of amides is 1. The molecule has 2 rings (SSSR count). The van der Waals surface area contributed by atoms with Gasteiger partial charge in [-0.2, -0.15) is 0 Å². The van der Waals surface area contributed by atoms with E-state index >= 15 is 0 Å². The molecule has 0 aliphatic heterocycles. The first kappa shape index (κ1) is 14.8. The lowest BCUT2D eigenvalue weighted by Gasteiger charge is -2.19. The Morgan fingerprint density at radius 2 is 1.86 bits per heavy atom. The van der Waals surface area contributed by atoms with Gasteiger partial charge < -0.3 is 10.6 Å². The first-order valence-corrected chi connectivity index (χ1v) is 6.90. The minimum absolute atomic E-state index is 0.00821. The maximum Gasteiger partial charge on any atom is 0.246 e. The van der Waals surface area contributed by atoms with Crippen molar-refractivity contribution in [1.82, 2.24) is 9.88 Å². The third-order valence-electron chi connectivity index (χ3n) is 3.17. The van der Waals surface area contributed by atoms with Crippen molar-refractivity contribution in [1.29, 1.82) is 0 Å². The number of rotatable bonds is 5. The van der Waals surface area contributed by atoms with E-state index < -0.39 is 0 Å². The van der Waals surface area contributed by atoms with Crippen molar-refractivity contribution < 1.29 is 4.79 Å². The highest BCUT2D eigenvalue weighted by Gasteiger charge is 2.08. The number of pyridine rings is 1. The maximum absolute atomic E-state index is 12.2. The predicted molar refractivity (Wildman–Crippen MR) is 85.2 cm³/mol. The van der Waals surface area contributed by atoms with Crippen LogP contribution < -0.4 is 5.73 Å². The summed E-state index contributed by atoms with van der Waals surface area (Å²) >= 11 is 0.